The van der Waals surface area contributed by atoms with Crippen LogP contribution in [0.5, 0.6) is 5.75 Å². The molecule has 0 radical (unpaired) electrons. The Morgan fingerprint density at radius 3 is 2.71 bits per heavy atom. The summed E-state index contributed by atoms with van der Waals surface area (Å²) < 4.78 is 32.1. The van der Waals surface area contributed by atoms with E-state index in [1.807, 2.05) is 0 Å². The monoisotopic (exact) mass is 309 g/mol. The quantitative estimate of drug-likeness (QED) is 0.479. The van der Waals surface area contributed by atoms with Crippen LogP contribution in [0, 0.1) is 12.3 Å². The zero-order valence-corrected chi connectivity index (χ0v) is 12.3. The average molecular weight is 309 g/mol. The van der Waals surface area contributed by atoms with Gasteiger partial charge in [-0.25, -0.2) is 8.42 Å². The van der Waals surface area contributed by atoms with Gasteiger partial charge in [-0.1, -0.05) is 0 Å². The Morgan fingerprint density at radius 1 is 1.48 bits per heavy atom. The van der Waals surface area contributed by atoms with E-state index < -0.39 is 10.0 Å². The van der Waals surface area contributed by atoms with Crippen LogP contribution in [-0.2, 0) is 10.0 Å². The van der Waals surface area contributed by atoms with Gasteiger partial charge >= 0.3 is 0 Å². The zero-order valence-electron chi connectivity index (χ0n) is 11.5. The van der Waals surface area contributed by atoms with Crippen molar-refractivity contribution in [3.05, 3.63) is 35.7 Å². The number of nitrogen functional groups attached to an aromatic ring is 1. The van der Waals surface area contributed by atoms with Gasteiger partial charge in [-0.15, -0.1) is 0 Å². The molecule has 2 aromatic rings. The lowest BCUT2D eigenvalue weighted by Crippen LogP contribution is -2.15. The molecule has 21 heavy (non-hydrogen) atoms. The fourth-order valence-electron chi connectivity index (χ4n) is 1.75. The SMILES string of the molecule is COc1cc(C(=N)N)ccc1NS(=O)(=O)c1cn[nH]c1C. The molecule has 0 saturated heterocycles. The second-order valence-electron chi connectivity index (χ2n) is 4.29. The minimum absolute atomic E-state index is 0.0557. The van der Waals surface area contributed by atoms with E-state index in [2.05, 4.69) is 14.9 Å². The van der Waals surface area contributed by atoms with Crippen LogP contribution in [-0.4, -0.2) is 31.6 Å². The first-order valence-electron chi connectivity index (χ1n) is 5.90. The summed E-state index contributed by atoms with van der Waals surface area (Å²) >= 11 is 0. The van der Waals surface area contributed by atoms with Crippen LogP contribution in [0.15, 0.2) is 29.3 Å². The highest BCUT2D eigenvalue weighted by atomic mass is 32.2. The minimum atomic E-state index is -3.78. The lowest BCUT2D eigenvalue weighted by atomic mass is 10.2. The van der Waals surface area contributed by atoms with Crippen LogP contribution in [0.4, 0.5) is 5.69 Å². The number of nitrogens with one attached hydrogen (secondary N) is 3. The molecule has 0 spiro atoms. The van der Waals surface area contributed by atoms with Gasteiger partial charge in [0.1, 0.15) is 16.5 Å². The third-order valence-electron chi connectivity index (χ3n) is 2.83. The van der Waals surface area contributed by atoms with Crippen LogP contribution in [0.1, 0.15) is 11.3 Å². The van der Waals surface area contributed by atoms with E-state index in [4.69, 9.17) is 15.9 Å². The van der Waals surface area contributed by atoms with Crippen molar-refractivity contribution in [2.75, 3.05) is 11.8 Å². The maximum Gasteiger partial charge on any atom is 0.265 e. The van der Waals surface area contributed by atoms with Crippen molar-refractivity contribution in [1.82, 2.24) is 10.2 Å². The molecule has 0 unspecified atom stereocenters. The van der Waals surface area contributed by atoms with Crippen molar-refractivity contribution >= 4 is 21.5 Å². The number of amidine groups is 1. The summed E-state index contributed by atoms with van der Waals surface area (Å²) in [4.78, 5) is 0.0557. The van der Waals surface area contributed by atoms with E-state index in [0.29, 0.717) is 11.3 Å². The Morgan fingerprint density at radius 2 is 2.19 bits per heavy atom. The number of nitrogens with zero attached hydrogens (tertiary/aromatic N) is 1. The molecular weight excluding hydrogens is 294 g/mol. The van der Waals surface area contributed by atoms with E-state index in [0.717, 1.165) is 0 Å². The van der Waals surface area contributed by atoms with Gasteiger partial charge in [0.05, 0.1) is 24.7 Å². The molecule has 9 heteroatoms. The molecule has 1 aromatic carbocycles. The Hall–Kier alpha value is -2.55. The number of benzene rings is 1. The summed E-state index contributed by atoms with van der Waals surface area (Å²) in [6.07, 6.45) is 1.23. The van der Waals surface area contributed by atoms with Crippen molar-refractivity contribution in [2.24, 2.45) is 5.73 Å². The number of H-pyrrole nitrogens is 1. The largest absolute Gasteiger partial charge is 0.495 e. The Kier molecular flexibility index (Phi) is 3.85. The van der Waals surface area contributed by atoms with Gasteiger partial charge in [-0.3, -0.25) is 15.2 Å². The highest BCUT2D eigenvalue weighted by molar-refractivity contribution is 7.92. The summed E-state index contributed by atoms with van der Waals surface area (Å²) in [6.45, 7) is 1.61. The number of sulfonamides is 1. The number of methoxy groups -OCH3 is 1. The molecule has 0 aliphatic carbocycles. The van der Waals surface area contributed by atoms with Gasteiger partial charge in [-0.05, 0) is 25.1 Å². The van der Waals surface area contributed by atoms with E-state index >= 15 is 0 Å². The topological polar surface area (TPSA) is 134 Å². The highest BCUT2D eigenvalue weighted by Crippen LogP contribution is 2.28. The molecule has 1 aromatic heterocycles. The Bertz CT molecular complexity index is 782. The maximum absolute atomic E-state index is 12.3. The smallest absolute Gasteiger partial charge is 0.265 e. The van der Waals surface area contributed by atoms with Crippen LogP contribution < -0.4 is 15.2 Å². The normalized spacial score (nSPS) is 11.1. The summed E-state index contributed by atoms with van der Waals surface area (Å²) in [5.41, 5.74) is 6.51. The van der Waals surface area contributed by atoms with Crippen LogP contribution >= 0.6 is 0 Å². The van der Waals surface area contributed by atoms with Gasteiger partial charge < -0.3 is 10.5 Å². The van der Waals surface area contributed by atoms with Gasteiger partial charge in [-0.2, -0.15) is 5.10 Å². The molecule has 1 heterocycles. The second kappa shape index (κ2) is 5.44. The van der Waals surface area contributed by atoms with Crippen molar-refractivity contribution in [3.63, 3.8) is 0 Å². The average Bonchev–Trinajstić information content (AvgIpc) is 2.85. The fraction of sp³-hybridized carbons (Fsp3) is 0.167. The van der Waals surface area contributed by atoms with Gasteiger partial charge in [0.25, 0.3) is 10.0 Å². The first-order chi connectivity index (χ1) is 9.85. The van der Waals surface area contributed by atoms with Gasteiger partial charge in [0, 0.05) is 5.56 Å². The number of aromatic nitrogens is 2. The number of ether oxygens (including phenoxy) is 1. The third-order valence-corrected chi connectivity index (χ3v) is 4.31. The van der Waals surface area contributed by atoms with Crippen molar-refractivity contribution in [3.8, 4) is 5.75 Å². The molecule has 0 aliphatic heterocycles. The van der Waals surface area contributed by atoms with E-state index in [1.165, 1.54) is 31.5 Å². The van der Waals surface area contributed by atoms with E-state index in [9.17, 15) is 8.42 Å². The molecule has 0 bridgehead atoms. The first kappa shape index (κ1) is 14.9. The predicted molar refractivity (Wildman–Crippen MR) is 78.1 cm³/mol. The first-order valence-corrected chi connectivity index (χ1v) is 7.38. The van der Waals surface area contributed by atoms with E-state index in [1.54, 1.807) is 6.92 Å². The number of anilines is 1. The number of hydrogen-bond acceptors (Lipinski definition) is 5. The van der Waals surface area contributed by atoms with Crippen LogP contribution in [0.25, 0.3) is 0 Å². The molecule has 8 nitrogen and oxygen atoms in total. The molecule has 0 saturated carbocycles. The van der Waals surface area contributed by atoms with E-state index in [-0.39, 0.29) is 22.2 Å². The van der Waals surface area contributed by atoms with Gasteiger partial charge in [0.15, 0.2) is 0 Å². The summed E-state index contributed by atoms with van der Waals surface area (Å²) in [5, 5.41) is 13.6. The zero-order chi connectivity index (χ0) is 15.6. The standard InChI is InChI=1S/C12H15N5O3S/c1-7-11(6-15-16-7)21(18,19)17-9-4-3-8(12(13)14)5-10(9)20-2/h3-6,17H,1-2H3,(H3,13,14)(H,15,16). The number of aryl methyl sites for hydroxylation is 1. The summed E-state index contributed by atoms with van der Waals surface area (Å²) in [7, 11) is -2.37. The molecule has 5 N–H and O–H groups in total. The number of nitrogens with two attached hydrogens (primary N) is 1. The van der Waals surface area contributed by atoms with Crippen molar-refractivity contribution in [1.29, 1.82) is 5.41 Å². The highest BCUT2D eigenvalue weighted by Gasteiger charge is 2.20. The fourth-order valence-corrected chi connectivity index (χ4v) is 2.96. The third kappa shape index (κ3) is 2.97. The predicted octanol–water partition coefficient (Wildman–Crippen LogP) is 0.812. The molecule has 0 atom stereocenters. The summed E-state index contributed by atoms with van der Waals surface area (Å²) in [5.74, 6) is 0.140. The molecule has 0 aliphatic rings. The number of rotatable bonds is 5. The van der Waals surface area contributed by atoms with Crippen molar-refractivity contribution in [2.45, 2.75) is 11.8 Å². The minimum Gasteiger partial charge on any atom is -0.495 e. The molecule has 0 amide bonds. The van der Waals surface area contributed by atoms with Crippen LogP contribution in [0.2, 0.25) is 0 Å². The molecule has 2 rings (SSSR count). The molecular formula is C12H15N5O3S. The number of aromatic amines is 1. The second-order valence-corrected chi connectivity index (χ2v) is 5.94. The Labute approximate surface area is 121 Å². The van der Waals surface area contributed by atoms with Crippen LogP contribution in [0.3, 0.4) is 0 Å². The number of hydrogen-bond donors (Lipinski definition) is 4. The molecule has 0 fully saturated rings. The maximum atomic E-state index is 12.3. The van der Waals surface area contributed by atoms with Gasteiger partial charge in [0.2, 0.25) is 0 Å². The lowest BCUT2D eigenvalue weighted by molar-refractivity contribution is 0.417. The lowest BCUT2D eigenvalue weighted by Gasteiger charge is -2.12. The Balaban J connectivity index is 2.40. The van der Waals surface area contributed by atoms with Crippen molar-refractivity contribution < 1.29 is 13.2 Å². The molecule has 112 valence electrons. The summed E-state index contributed by atoms with van der Waals surface area (Å²) in [6, 6.07) is 4.51.